The van der Waals surface area contributed by atoms with E-state index in [1.807, 2.05) is 0 Å². The third kappa shape index (κ3) is 3.89. The predicted molar refractivity (Wildman–Crippen MR) is 74.1 cm³/mol. The molecule has 112 valence electrons. The molecule has 2 unspecified atom stereocenters. The minimum atomic E-state index is -4.07. The van der Waals surface area contributed by atoms with Gasteiger partial charge in [0.05, 0.1) is 4.92 Å². The van der Waals surface area contributed by atoms with E-state index in [0.29, 0.717) is 0 Å². The Morgan fingerprint density at radius 1 is 1.45 bits per heavy atom. The fourth-order valence-electron chi connectivity index (χ4n) is 1.44. The van der Waals surface area contributed by atoms with Gasteiger partial charge in [0.2, 0.25) is 10.0 Å². The fourth-order valence-corrected chi connectivity index (χ4v) is 3.11. The summed E-state index contributed by atoms with van der Waals surface area (Å²) >= 11 is 5.64. The zero-order valence-corrected chi connectivity index (χ0v) is 12.5. The Morgan fingerprint density at radius 2 is 2.05 bits per heavy atom. The van der Waals surface area contributed by atoms with Gasteiger partial charge in [-0.25, -0.2) is 13.1 Å². The van der Waals surface area contributed by atoms with Gasteiger partial charge in [0.25, 0.3) is 5.69 Å². The van der Waals surface area contributed by atoms with Crippen LogP contribution in [0, 0.1) is 16.0 Å². The van der Waals surface area contributed by atoms with Gasteiger partial charge >= 0.3 is 0 Å². The molecular weight excluding hydrogens is 308 g/mol. The van der Waals surface area contributed by atoms with Crippen molar-refractivity contribution in [3.05, 3.63) is 33.3 Å². The molecule has 0 aliphatic rings. The van der Waals surface area contributed by atoms with E-state index in [9.17, 15) is 18.5 Å². The number of aliphatic hydroxyl groups excluding tert-OH is 1. The largest absolute Gasteiger partial charge is 0.396 e. The summed E-state index contributed by atoms with van der Waals surface area (Å²) < 4.78 is 26.6. The van der Waals surface area contributed by atoms with Gasteiger partial charge in [0.1, 0.15) is 0 Å². The van der Waals surface area contributed by atoms with Crippen LogP contribution in [0.4, 0.5) is 5.69 Å². The van der Waals surface area contributed by atoms with Crippen molar-refractivity contribution < 1.29 is 18.4 Å². The monoisotopic (exact) mass is 322 g/mol. The molecule has 1 aromatic rings. The van der Waals surface area contributed by atoms with Crippen molar-refractivity contribution in [1.82, 2.24) is 4.72 Å². The van der Waals surface area contributed by atoms with Gasteiger partial charge in [0, 0.05) is 23.7 Å². The number of rotatable bonds is 6. The van der Waals surface area contributed by atoms with Crippen LogP contribution in [0.15, 0.2) is 23.1 Å². The van der Waals surface area contributed by atoms with E-state index < -0.39 is 31.6 Å². The van der Waals surface area contributed by atoms with Crippen LogP contribution in [0.25, 0.3) is 0 Å². The minimum absolute atomic E-state index is 0.0763. The number of nitro benzene ring substituents is 1. The molecule has 0 saturated carbocycles. The first-order valence-electron chi connectivity index (χ1n) is 5.76. The molecule has 0 saturated heterocycles. The van der Waals surface area contributed by atoms with Crippen LogP contribution >= 0.6 is 11.6 Å². The smallest absolute Gasteiger partial charge is 0.290 e. The predicted octanol–water partition coefficient (Wildman–Crippen LogP) is 1.54. The van der Waals surface area contributed by atoms with Crippen molar-refractivity contribution in [1.29, 1.82) is 0 Å². The van der Waals surface area contributed by atoms with E-state index >= 15 is 0 Å². The molecule has 0 bridgehead atoms. The van der Waals surface area contributed by atoms with Gasteiger partial charge in [-0.15, -0.1) is 0 Å². The van der Waals surface area contributed by atoms with Gasteiger partial charge in [0.15, 0.2) is 4.90 Å². The lowest BCUT2D eigenvalue weighted by atomic mass is 10.1. The molecule has 0 aromatic heterocycles. The number of halogens is 1. The van der Waals surface area contributed by atoms with E-state index in [2.05, 4.69) is 4.72 Å². The Kier molecular flexibility index (Phi) is 5.46. The highest BCUT2D eigenvalue weighted by atomic mass is 35.5. The number of nitrogens with one attached hydrogen (secondary N) is 1. The molecule has 2 N–H and O–H groups in total. The van der Waals surface area contributed by atoms with E-state index in [0.717, 1.165) is 12.1 Å². The van der Waals surface area contributed by atoms with Gasteiger partial charge in [-0.3, -0.25) is 10.1 Å². The molecule has 20 heavy (non-hydrogen) atoms. The summed E-state index contributed by atoms with van der Waals surface area (Å²) in [6.07, 6.45) is 0. The second kappa shape index (κ2) is 6.49. The highest BCUT2D eigenvalue weighted by Gasteiger charge is 2.28. The molecule has 2 atom stereocenters. The lowest BCUT2D eigenvalue weighted by Crippen LogP contribution is -2.38. The molecule has 7 nitrogen and oxygen atoms in total. The number of hydrogen-bond acceptors (Lipinski definition) is 5. The lowest BCUT2D eigenvalue weighted by Gasteiger charge is -2.19. The Balaban J connectivity index is 3.19. The van der Waals surface area contributed by atoms with Gasteiger partial charge in [-0.2, -0.15) is 0 Å². The molecule has 0 amide bonds. The number of nitrogens with zero attached hydrogens (tertiary/aromatic N) is 1. The first kappa shape index (κ1) is 16.8. The van der Waals surface area contributed by atoms with Crippen LogP contribution in [-0.4, -0.2) is 31.1 Å². The summed E-state index contributed by atoms with van der Waals surface area (Å²) in [7, 11) is -4.07. The number of sulfonamides is 1. The van der Waals surface area contributed by atoms with Gasteiger partial charge in [-0.1, -0.05) is 18.5 Å². The summed E-state index contributed by atoms with van der Waals surface area (Å²) in [5.74, 6) is -0.323. The summed E-state index contributed by atoms with van der Waals surface area (Å²) in [4.78, 5) is 9.65. The summed E-state index contributed by atoms with van der Waals surface area (Å²) in [6, 6.07) is 2.76. The highest BCUT2D eigenvalue weighted by Crippen LogP contribution is 2.27. The SMILES string of the molecule is CC(CO)C(C)NS(=O)(=O)c1ccc(Cl)cc1[N+](=O)[O-]. The first-order chi connectivity index (χ1) is 9.19. The first-order valence-corrected chi connectivity index (χ1v) is 7.62. The van der Waals surface area contributed by atoms with Crippen LogP contribution < -0.4 is 4.72 Å². The standard InChI is InChI=1S/C11H15ClN2O5S/c1-7(6-15)8(2)13-20(18,19)11-4-3-9(12)5-10(11)14(16)17/h3-5,7-8,13,15H,6H2,1-2H3. The van der Waals surface area contributed by atoms with Crippen LogP contribution in [0.3, 0.4) is 0 Å². The normalized spacial score (nSPS) is 14.8. The molecule has 0 aliphatic carbocycles. The van der Waals surface area contributed by atoms with Crippen molar-refractivity contribution >= 4 is 27.3 Å². The van der Waals surface area contributed by atoms with E-state index in [1.54, 1.807) is 13.8 Å². The third-order valence-corrected chi connectivity index (χ3v) is 4.73. The molecule has 9 heteroatoms. The van der Waals surface area contributed by atoms with Crippen LogP contribution in [0.2, 0.25) is 5.02 Å². The van der Waals surface area contributed by atoms with E-state index in [4.69, 9.17) is 16.7 Å². The topological polar surface area (TPSA) is 110 Å². The number of benzene rings is 1. The molecule has 0 spiro atoms. The van der Waals surface area contributed by atoms with Crippen molar-refractivity contribution in [2.24, 2.45) is 5.92 Å². The Morgan fingerprint density at radius 3 is 2.55 bits per heavy atom. The van der Waals surface area contributed by atoms with Crippen molar-refractivity contribution in [3.63, 3.8) is 0 Å². The van der Waals surface area contributed by atoms with E-state index in [-0.39, 0.29) is 17.5 Å². The Hall–Kier alpha value is -1.22. The van der Waals surface area contributed by atoms with Crippen LogP contribution in [0.1, 0.15) is 13.8 Å². The maximum Gasteiger partial charge on any atom is 0.290 e. The second-order valence-corrected chi connectivity index (χ2v) is 6.56. The maximum absolute atomic E-state index is 12.2. The summed E-state index contributed by atoms with van der Waals surface area (Å²) in [6.45, 7) is 3.02. The van der Waals surface area contributed by atoms with Crippen LogP contribution in [-0.2, 0) is 10.0 Å². The average Bonchev–Trinajstić information content (AvgIpc) is 2.36. The minimum Gasteiger partial charge on any atom is -0.396 e. The second-order valence-electron chi connectivity index (χ2n) is 4.44. The average molecular weight is 323 g/mol. The Labute approximate surface area is 121 Å². The number of aliphatic hydroxyl groups is 1. The van der Waals surface area contributed by atoms with Gasteiger partial charge < -0.3 is 5.11 Å². The maximum atomic E-state index is 12.2. The molecule has 1 aromatic carbocycles. The summed E-state index contributed by atoms with van der Waals surface area (Å²) in [5.41, 5.74) is -0.589. The molecule has 1 rings (SSSR count). The third-order valence-electron chi connectivity index (χ3n) is 2.89. The molecule has 0 radical (unpaired) electrons. The molecular formula is C11H15ClN2O5S. The summed E-state index contributed by atoms with van der Waals surface area (Å²) in [5, 5.41) is 20.0. The van der Waals surface area contributed by atoms with Crippen molar-refractivity contribution in [2.75, 3.05) is 6.61 Å². The van der Waals surface area contributed by atoms with Crippen molar-refractivity contribution in [3.8, 4) is 0 Å². The Bertz CT molecular complexity index is 605. The molecule has 0 fully saturated rings. The highest BCUT2D eigenvalue weighted by molar-refractivity contribution is 7.89. The van der Waals surface area contributed by atoms with E-state index in [1.165, 1.54) is 6.07 Å². The fraction of sp³-hybridized carbons (Fsp3) is 0.455. The number of nitro groups is 1. The molecule has 0 heterocycles. The lowest BCUT2D eigenvalue weighted by molar-refractivity contribution is -0.387. The number of hydrogen-bond donors (Lipinski definition) is 2. The quantitative estimate of drug-likeness (QED) is 0.610. The zero-order chi connectivity index (χ0) is 15.5. The van der Waals surface area contributed by atoms with Gasteiger partial charge in [-0.05, 0) is 25.0 Å². The van der Waals surface area contributed by atoms with Crippen LogP contribution in [0.5, 0.6) is 0 Å². The molecule has 0 aliphatic heterocycles. The van der Waals surface area contributed by atoms with Crippen molar-refractivity contribution in [2.45, 2.75) is 24.8 Å². The zero-order valence-electron chi connectivity index (χ0n) is 10.9.